The molecule has 1 fully saturated rings. The van der Waals surface area contributed by atoms with Crippen molar-refractivity contribution in [3.05, 3.63) is 12.2 Å². The fourth-order valence-electron chi connectivity index (χ4n) is 2.42. The fourth-order valence-corrected chi connectivity index (χ4v) is 3.80. The molecule has 0 aromatic heterocycles. The Kier molecular flexibility index (Phi) is 2.63. The SMILES string of the molecule is CC(C)(C)[Si](C)(C)O[C@H]1C[C@H]2C=C[C@H]1C2. The highest BCUT2D eigenvalue weighted by atomic mass is 28.4. The van der Waals surface area contributed by atoms with Gasteiger partial charge in [-0.2, -0.15) is 0 Å². The van der Waals surface area contributed by atoms with Crippen LogP contribution in [0.4, 0.5) is 0 Å². The van der Waals surface area contributed by atoms with E-state index < -0.39 is 8.32 Å². The number of hydrogen-bond donors (Lipinski definition) is 0. The topological polar surface area (TPSA) is 9.23 Å². The van der Waals surface area contributed by atoms with E-state index in [0.717, 1.165) is 11.8 Å². The van der Waals surface area contributed by atoms with Crippen molar-refractivity contribution in [2.75, 3.05) is 0 Å². The Hall–Kier alpha value is -0.0831. The molecule has 0 saturated heterocycles. The molecule has 2 aliphatic carbocycles. The van der Waals surface area contributed by atoms with Crippen molar-refractivity contribution in [1.82, 2.24) is 0 Å². The highest BCUT2D eigenvalue weighted by Gasteiger charge is 2.44. The second-order valence-corrected chi connectivity index (χ2v) is 11.5. The minimum atomic E-state index is -1.54. The fraction of sp³-hybridized carbons (Fsp3) is 0.846. The maximum absolute atomic E-state index is 6.48. The van der Waals surface area contributed by atoms with Crippen LogP contribution >= 0.6 is 0 Å². The van der Waals surface area contributed by atoms with Crippen molar-refractivity contribution in [3.8, 4) is 0 Å². The van der Waals surface area contributed by atoms with E-state index in [-0.39, 0.29) is 0 Å². The lowest BCUT2D eigenvalue weighted by atomic mass is 10.1. The highest BCUT2D eigenvalue weighted by Crippen LogP contribution is 2.45. The van der Waals surface area contributed by atoms with Crippen LogP contribution in [0.25, 0.3) is 0 Å². The lowest BCUT2D eigenvalue weighted by molar-refractivity contribution is 0.155. The summed E-state index contributed by atoms with van der Waals surface area (Å²) in [6, 6.07) is 0. The molecule has 1 saturated carbocycles. The van der Waals surface area contributed by atoms with Gasteiger partial charge < -0.3 is 4.43 Å². The summed E-state index contributed by atoms with van der Waals surface area (Å²) in [4.78, 5) is 0. The lowest BCUT2D eigenvalue weighted by Crippen LogP contribution is -2.44. The second-order valence-electron chi connectivity index (χ2n) is 6.70. The van der Waals surface area contributed by atoms with Crippen molar-refractivity contribution in [3.63, 3.8) is 0 Å². The van der Waals surface area contributed by atoms with E-state index in [4.69, 9.17) is 4.43 Å². The van der Waals surface area contributed by atoms with Gasteiger partial charge in [-0.1, -0.05) is 32.9 Å². The van der Waals surface area contributed by atoms with Crippen LogP contribution < -0.4 is 0 Å². The molecule has 0 spiro atoms. The molecule has 15 heavy (non-hydrogen) atoms. The van der Waals surface area contributed by atoms with Crippen molar-refractivity contribution in [1.29, 1.82) is 0 Å². The summed E-state index contributed by atoms with van der Waals surface area (Å²) in [6.45, 7) is 11.7. The van der Waals surface area contributed by atoms with Crippen LogP contribution in [-0.2, 0) is 4.43 Å². The van der Waals surface area contributed by atoms with Crippen LogP contribution in [-0.4, -0.2) is 14.4 Å². The van der Waals surface area contributed by atoms with Gasteiger partial charge in [0.15, 0.2) is 8.32 Å². The largest absolute Gasteiger partial charge is 0.413 e. The van der Waals surface area contributed by atoms with Gasteiger partial charge >= 0.3 is 0 Å². The first-order valence-corrected chi connectivity index (χ1v) is 9.06. The van der Waals surface area contributed by atoms with Crippen LogP contribution in [0.15, 0.2) is 12.2 Å². The van der Waals surface area contributed by atoms with E-state index in [0.29, 0.717) is 11.1 Å². The van der Waals surface area contributed by atoms with Gasteiger partial charge in [0.2, 0.25) is 0 Å². The summed E-state index contributed by atoms with van der Waals surface area (Å²) in [7, 11) is -1.54. The Labute approximate surface area is 95.0 Å². The smallest absolute Gasteiger partial charge is 0.192 e. The molecule has 3 atom stereocenters. The Morgan fingerprint density at radius 1 is 1.13 bits per heavy atom. The summed E-state index contributed by atoms with van der Waals surface area (Å²) in [5.74, 6) is 1.55. The maximum Gasteiger partial charge on any atom is 0.192 e. The van der Waals surface area contributed by atoms with Gasteiger partial charge in [0.25, 0.3) is 0 Å². The minimum Gasteiger partial charge on any atom is -0.413 e. The average Bonchev–Trinajstić information content (AvgIpc) is 2.61. The molecule has 2 aliphatic rings. The predicted molar refractivity (Wildman–Crippen MR) is 67.4 cm³/mol. The van der Waals surface area contributed by atoms with E-state index in [9.17, 15) is 0 Å². The third-order valence-electron chi connectivity index (χ3n) is 4.47. The first-order chi connectivity index (χ1) is 6.79. The van der Waals surface area contributed by atoms with E-state index in [1.807, 2.05) is 0 Å². The molecule has 0 N–H and O–H groups in total. The highest BCUT2D eigenvalue weighted by molar-refractivity contribution is 6.74. The quantitative estimate of drug-likeness (QED) is 0.509. The third kappa shape index (κ3) is 2.07. The zero-order chi connectivity index (χ0) is 11.3. The minimum absolute atomic E-state index is 0.346. The Bertz CT molecular complexity index is 275. The molecule has 0 heterocycles. The van der Waals surface area contributed by atoms with Crippen LogP contribution in [0.5, 0.6) is 0 Å². The summed E-state index contributed by atoms with van der Waals surface area (Å²) in [5, 5.41) is 0.346. The Balaban J connectivity index is 2.01. The monoisotopic (exact) mass is 224 g/mol. The molecular weight excluding hydrogens is 200 g/mol. The van der Waals surface area contributed by atoms with Gasteiger partial charge in [-0.15, -0.1) is 0 Å². The van der Waals surface area contributed by atoms with E-state index in [1.54, 1.807) is 0 Å². The number of hydrogen-bond acceptors (Lipinski definition) is 1. The molecule has 0 radical (unpaired) electrons. The van der Waals surface area contributed by atoms with Gasteiger partial charge in [-0.05, 0) is 36.9 Å². The molecule has 2 heteroatoms. The van der Waals surface area contributed by atoms with E-state index in [2.05, 4.69) is 46.0 Å². The lowest BCUT2D eigenvalue weighted by Gasteiger charge is -2.39. The molecule has 86 valence electrons. The van der Waals surface area contributed by atoms with Gasteiger partial charge in [0.1, 0.15) is 0 Å². The van der Waals surface area contributed by atoms with Crippen molar-refractivity contribution >= 4 is 8.32 Å². The molecule has 2 rings (SSSR count). The van der Waals surface area contributed by atoms with Crippen LogP contribution in [0.2, 0.25) is 18.1 Å². The van der Waals surface area contributed by atoms with E-state index in [1.165, 1.54) is 12.8 Å². The van der Waals surface area contributed by atoms with E-state index >= 15 is 0 Å². The summed E-state index contributed by atoms with van der Waals surface area (Å²) < 4.78 is 6.48. The Morgan fingerprint density at radius 3 is 2.20 bits per heavy atom. The summed E-state index contributed by atoms with van der Waals surface area (Å²) >= 11 is 0. The van der Waals surface area contributed by atoms with Crippen LogP contribution in [0.1, 0.15) is 33.6 Å². The normalized spacial score (nSPS) is 35.1. The summed E-state index contributed by atoms with van der Waals surface area (Å²) in [6.07, 6.45) is 7.91. The van der Waals surface area contributed by atoms with Crippen molar-refractivity contribution < 1.29 is 4.43 Å². The molecule has 0 aliphatic heterocycles. The number of allylic oxidation sites excluding steroid dienone is 1. The second kappa shape index (κ2) is 3.46. The van der Waals surface area contributed by atoms with Crippen LogP contribution in [0, 0.1) is 11.8 Å². The molecule has 0 aromatic carbocycles. The summed E-state index contributed by atoms with van der Waals surface area (Å²) in [5.41, 5.74) is 0. The molecule has 0 amide bonds. The molecule has 2 bridgehead atoms. The Morgan fingerprint density at radius 2 is 1.80 bits per heavy atom. The molecule has 0 unspecified atom stereocenters. The average molecular weight is 224 g/mol. The van der Waals surface area contributed by atoms with Gasteiger partial charge in [-0.25, -0.2) is 0 Å². The third-order valence-corrected chi connectivity index (χ3v) is 8.97. The standard InChI is InChI=1S/C13H24OSi/c1-13(2,3)15(4,5)14-12-9-10-6-7-11(12)8-10/h6-7,10-12H,8-9H2,1-5H3/t10-,11-,12-/m0/s1. The van der Waals surface area contributed by atoms with Crippen LogP contribution in [0.3, 0.4) is 0 Å². The molecule has 0 aromatic rings. The number of rotatable bonds is 2. The van der Waals surface area contributed by atoms with Crippen molar-refractivity contribution in [2.24, 2.45) is 11.8 Å². The molecule has 1 nitrogen and oxygen atoms in total. The number of fused-ring (bicyclic) bond motifs is 2. The zero-order valence-corrected chi connectivity index (χ0v) is 11.7. The first-order valence-electron chi connectivity index (χ1n) is 6.16. The van der Waals surface area contributed by atoms with Gasteiger partial charge in [0.05, 0.1) is 6.10 Å². The van der Waals surface area contributed by atoms with Gasteiger partial charge in [0, 0.05) is 5.92 Å². The predicted octanol–water partition coefficient (Wildman–Crippen LogP) is 3.97. The molecular formula is C13H24OSi. The van der Waals surface area contributed by atoms with Gasteiger partial charge in [-0.3, -0.25) is 0 Å². The first kappa shape index (κ1) is 11.4. The maximum atomic E-state index is 6.48. The zero-order valence-electron chi connectivity index (χ0n) is 10.7. The van der Waals surface area contributed by atoms with Crippen molar-refractivity contribution in [2.45, 2.75) is 57.8 Å².